The molecule has 0 aliphatic carbocycles. The lowest BCUT2D eigenvalue weighted by atomic mass is 9.63. The molecule has 1 saturated heterocycles. The molecule has 2 aromatic rings. The molecule has 0 unspecified atom stereocenters. The van der Waals surface area contributed by atoms with Crippen molar-refractivity contribution in [3.8, 4) is 11.5 Å². The Labute approximate surface area is 220 Å². The second-order valence-electron chi connectivity index (χ2n) is 11.9. The minimum atomic E-state index is -1.16. The molecule has 4 atom stereocenters. The Balaban J connectivity index is 1.71. The molecule has 0 bridgehead atoms. The second kappa shape index (κ2) is 8.60. The van der Waals surface area contributed by atoms with E-state index in [-0.39, 0.29) is 35.9 Å². The fourth-order valence-corrected chi connectivity index (χ4v) is 7.37. The molecule has 3 aliphatic heterocycles. The quantitative estimate of drug-likeness (QED) is 0.565. The van der Waals surface area contributed by atoms with Crippen LogP contribution in [0.15, 0.2) is 42.5 Å². The monoisotopic (exact) mass is 505 g/mol. The van der Waals surface area contributed by atoms with Crippen molar-refractivity contribution in [2.24, 2.45) is 11.8 Å². The van der Waals surface area contributed by atoms with Crippen LogP contribution in [-0.4, -0.2) is 43.5 Å². The first-order valence-corrected chi connectivity index (χ1v) is 13.1. The Kier molecular flexibility index (Phi) is 6.00. The predicted octanol–water partition coefficient (Wildman–Crippen LogP) is 5.45. The highest BCUT2D eigenvalue weighted by molar-refractivity contribution is 6.12. The summed E-state index contributed by atoms with van der Waals surface area (Å²) in [6, 6.07) is 12.1. The predicted molar refractivity (Wildman–Crippen MR) is 145 cm³/mol. The molecule has 0 aromatic heterocycles. The van der Waals surface area contributed by atoms with Crippen molar-refractivity contribution in [2.75, 3.05) is 25.7 Å². The van der Waals surface area contributed by atoms with E-state index >= 15 is 0 Å². The van der Waals surface area contributed by atoms with Gasteiger partial charge in [0, 0.05) is 29.6 Å². The summed E-state index contributed by atoms with van der Waals surface area (Å²) in [5.41, 5.74) is 3.06. The lowest BCUT2D eigenvalue weighted by Crippen LogP contribution is -2.53. The maximum absolute atomic E-state index is 14.6. The number of rotatable bonds is 6. The molecule has 37 heavy (non-hydrogen) atoms. The summed E-state index contributed by atoms with van der Waals surface area (Å²) in [6.45, 7) is 12.8. The molecule has 6 heteroatoms. The lowest BCUT2D eigenvalue weighted by molar-refractivity contribution is -0.147. The SMILES string of the molecule is COc1ccc(C(C)(C)[C@@H]2[C@@H](CCO)O[C@]3(C(=O)N4c5c(cc(OC)cc53)C(C)=CC4(C)C)[C@H]2C)cc1. The highest BCUT2D eigenvalue weighted by Gasteiger charge is 2.67. The van der Waals surface area contributed by atoms with Crippen molar-refractivity contribution in [3.63, 3.8) is 0 Å². The zero-order valence-corrected chi connectivity index (χ0v) is 23.2. The average molecular weight is 506 g/mol. The number of amides is 1. The van der Waals surface area contributed by atoms with Gasteiger partial charge in [0.25, 0.3) is 5.91 Å². The fraction of sp³-hybridized carbons (Fsp3) is 0.516. The van der Waals surface area contributed by atoms with E-state index in [9.17, 15) is 9.90 Å². The van der Waals surface area contributed by atoms with Gasteiger partial charge in [0.1, 0.15) is 11.5 Å². The highest BCUT2D eigenvalue weighted by atomic mass is 16.5. The Morgan fingerprint density at radius 1 is 1.08 bits per heavy atom. The minimum Gasteiger partial charge on any atom is -0.497 e. The molecule has 6 nitrogen and oxygen atoms in total. The number of benzene rings is 2. The topological polar surface area (TPSA) is 68.2 Å². The van der Waals surface area contributed by atoms with Crippen molar-refractivity contribution < 1.29 is 24.1 Å². The van der Waals surface area contributed by atoms with E-state index in [1.165, 1.54) is 0 Å². The van der Waals surface area contributed by atoms with Crippen LogP contribution in [0.2, 0.25) is 0 Å². The first-order chi connectivity index (χ1) is 17.4. The van der Waals surface area contributed by atoms with Crippen molar-refractivity contribution >= 4 is 17.2 Å². The number of aliphatic hydroxyl groups is 1. The molecule has 1 spiro atoms. The Hall–Kier alpha value is -2.83. The largest absolute Gasteiger partial charge is 0.497 e. The molecule has 3 heterocycles. The van der Waals surface area contributed by atoms with E-state index in [1.54, 1.807) is 14.2 Å². The molecule has 2 aromatic carbocycles. The van der Waals surface area contributed by atoms with Crippen molar-refractivity contribution in [2.45, 2.75) is 70.6 Å². The number of allylic oxidation sites excluding steroid dienone is 1. The summed E-state index contributed by atoms with van der Waals surface area (Å²) in [4.78, 5) is 16.6. The second-order valence-corrected chi connectivity index (χ2v) is 11.9. The molecular formula is C31H39NO5. The van der Waals surface area contributed by atoms with Gasteiger partial charge in [-0.3, -0.25) is 9.69 Å². The third kappa shape index (κ3) is 3.48. The highest BCUT2D eigenvalue weighted by Crippen LogP contribution is 2.63. The molecule has 3 aliphatic rings. The van der Waals surface area contributed by atoms with Gasteiger partial charge in [0.05, 0.1) is 31.5 Å². The number of hydrogen-bond donors (Lipinski definition) is 1. The van der Waals surface area contributed by atoms with Crippen molar-refractivity contribution in [3.05, 3.63) is 59.2 Å². The van der Waals surface area contributed by atoms with Crippen LogP contribution in [0.25, 0.3) is 5.57 Å². The van der Waals surface area contributed by atoms with Gasteiger partial charge in [-0.1, -0.05) is 39.0 Å². The molecule has 0 radical (unpaired) electrons. The Morgan fingerprint density at radius 2 is 1.73 bits per heavy atom. The van der Waals surface area contributed by atoms with Crippen molar-refractivity contribution in [1.82, 2.24) is 0 Å². The van der Waals surface area contributed by atoms with Crippen LogP contribution in [0, 0.1) is 11.8 Å². The fourth-order valence-electron chi connectivity index (χ4n) is 7.37. The van der Waals surface area contributed by atoms with Gasteiger partial charge in [-0.2, -0.15) is 0 Å². The van der Waals surface area contributed by atoms with Gasteiger partial charge >= 0.3 is 0 Å². The zero-order chi connectivity index (χ0) is 26.9. The van der Waals surface area contributed by atoms with Crippen LogP contribution in [0.5, 0.6) is 11.5 Å². The van der Waals surface area contributed by atoms with Crippen LogP contribution >= 0.6 is 0 Å². The third-order valence-electron chi connectivity index (χ3n) is 9.03. The van der Waals surface area contributed by atoms with E-state index in [4.69, 9.17) is 14.2 Å². The molecule has 0 saturated carbocycles. The number of ether oxygens (including phenoxy) is 3. The zero-order valence-electron chi connectivity index (χ0n) is 23.2. The summed E-state index contributed by atoms with van der Waals surface area (Å²) in [5.74, 6) is 1.29. The van der Waals surface area contributed by atoms with Crippen LogP contribution in [0.1, 0.15) is 64.7 Å². The Morgan fingerprint density at radius 3 is 2.32 bits per heavy atom. The van der Waals surface area contributed by atoms with E-state index < -0.39 is 11.1 Å². The maximum atomic E-state index is 14.6. The maximum Gasteiger partial charge on any atom is 0.265 e. The number of methoxy groups -OCH3 is 2. The van der Waals surface area contributed by atoms with Crippen molar-refractivity contribution in [1.29, 1.82) is 0 Å². The number of hydrogen-bond acceptors (Lipinski definition) is 5. The first kappa shape index (κ1) is 25.8. The van der Waals surface area contributed by atoms with Gasteiger partial charge in [-0.15, -0.1) is 0 Å². The first-order valence-electron chi connectivity index (χ1n) is 13.1. The molecule has 5 rings (SSSR count). The number of aliphatic hydroxyl groups excluding tert-OH is 1. The third-order valence-corrected chi connectivity index (χ3v) is 9.03. The molecule has 1 amide bonds. The normalized spacial score (nSPS) is 27.9. The number of fused-ring (bicyclic) bond motifs is 1. The number of anilines is 1. The summed E-state index contributed by atoms with van der Waals surface area (Å²) in [5, 5.41) is 10.1. The number of carbonyl (C=O) groups is 1. The van der Waals surface area contributed by atoms with E-state index in [1.807, 2.05) is 29.2 Å². The van der Waals surface area contributed by atoms with Gasteiger partial charge in [0.15, 0.2) is 5.60 Å². The van der Waals surface area contributed by atoms with E-state index in [2.05, 4.69) is 59.8 Å². The van der Waals surface area contributed by atoms with Gasteiger partial charge in [-0.25, -0.2) is 0 Å². The number of nitrogens with zero attached hydrogens (tertiary/aromatic N) is 1. The molecule has 198 valence electrons. The number of carbonyl (C=O) groups excluding carboxylic acids is 1. The summed E-state index contributed by atoms with van der Waals surface area (Å²) >= 11 is 0. The molecular weight excluding hydrogens is 466 g/mol. The molecule has 1 N–H and O–H groups in total. The van der Waals surface area contributed by atoms with E-state index in [0.717, 1.165) is 33.7 Å². The molecule has 1 fully saturated rings. The minimum absolute atomic E-state index is 0.0110. The van der Waals surface area contributed by atoms with Crippen LogP contribution in [-0.2, 0) is 20.5 Å². The Bertz CT molecular complexity index is 1260. The summed E-state index contributed by atoms with van der Waals surface area (Å²) in [7, 11) is 3.32. The van der Waals surface area contributed by atoms with Crippen LogP contribution < -0.4 is 14.4 Å². The van der Waals surface area contributed by atoms with E-state index in [0.29, 0.717) is 12.2 Å². The standard InChI is InChI=1S/C31H39NO5/c1-18-17-29(3,4)32-27-23(18)15-22(36-8)16-24(27)31(28(32)34)19(2)26(25(37-31)13-14-33)30(5,6)20-9-11-21(35-7)12-10-20/h9-12,15-17,19,25-26,33H,13-14H2,1-8H3/t19-,25+,26-,31+/m0/s1. The van der Waals surface area contributed by atoms with Gasteiger partial charge < -0.3 is 19.3 Å². The lowest BCUT2D eigenvalue weighted by Gasteiger charge is -2.40. The van der Waals surface area contributed by atoms with Crippen LogP contribution in [0.4, 0.5) is 5.69 Å². The summed E-state index contributed by atoms with van der Waals surface area (Å²) in [6.07, 6.45) is 2.30. The average Bonchev–Trinajstić information content (AvgIpc) is 3.29. The van der Waals surface area contributed by atoms with Gasteiger partial charge in [0.2, 0.25) is 0 Å². The summed E-state index contributed by atoms with van der Waals surface area (Å²) < 4.78 is 18.0. The van der Waals surface area contributed by atoms with Gasteiger partial charge in [-0.05, 0) is 68.0 Å². The smallest absolute Gasteiger partial charge is 0.265 e. The van der Waals surface area contributed by atoms with Crippen LogP contribution in [0.3, 0.4) is 0 Å².